The first-order valence-electron chi connectivity index (χ1n) is 1.41. The van der Waals surface area contributed by atoms with Crippen LogP contribution in [0, 0.1) is 11.3 Å². The molecule has 0 saturated heterocycles. The van der Waals surface area contributed by atoms with Gasteiger partial charge in [-0.2, -0.15) is 5.26 Å². The summed E-state index contributed by atoms with van der Waals surface area (Å²) in [6, 6.07) is 1.87. The van der Waals surface area contributed by atoms with Crippen LogP contribution in [0.1, 0.15) is 0 Å². The van der Waals surface area contributed by atoms with E-state index >= 15 is 0 Å². The number of alkyl halides is 2. The molecule has 0 bridgehead atoms. The van der Waals surface area contributed by atoms with E-state index in [0.717, 1.165) is 0 Å². The molecule has 3 heteroatoms. The minimum absolute atomic E-state index is 0.300. The summed E-state index contributed by atoms with van der Waals surface area (Å²) >= 11 is 7.34. The minimum Gasteiger partial charge on any atom is -0.197 e. The Morgan fingerprint density at radius 1 is 2.00 bits per heavy atom. The summed E-state index contributed by atoms with van der Waals surface area (Å²) in [5.41, 5.74) is 0. The molecular formula is C3H3ClIN. The van der Waals surface area contributed by atoms with Gasteiger partial charge < -0.3 is 0 Å². The van der Waals surface area contributed by atoms with Crippen molar-refractivity contribution in [2.75, 3.05) is 4.43 Å². The molecule has 0 fully saturated rings. The van der Waals surface area contributed by atoms with Crippen LogP contribution in [0.25, 0.3) is 0 Å². The molecule has 0 heterocycles. The SMILES string of the molecule is N#CC(Cl)CI. The van der Waals surface area contributed by atoms with E-state index in [1.807, 2.05) is 6.07 Å². The monoisotopic (exact) mass is 215 g/mol. The van der Waals surface area contributed by atoms with E-state index in [-0.39, 0.29) is 5.38 Å². The Hall–Kier alpha value is 0.510. The number of nitrogens with zero attached hydrogens (tertiary/aromatic N) is 1. The Morgan fingerprint density at radius 2 is 2.50 bits per heavy atom. The number of halogens is 2. The van der Waals surface area contributed by atoms with Crippen LogP contribution >= 0.6 is 34.2 Å². The first-order valence-corrected chi connectivity index (χ1v) is 3.37. The van der Waals surface area contributed by atoms with Gasteiger partial charge in [0.25, 0.3) is 0 Å². The highest BCUT2D eigenvalue weighted by Crippen LogP contribution is 1.96. The highest BCUT2D eigenvalue weighted by Gasteiger charge is 1.93. The van der Waals surface area contributed by atoms with Crippen molar-refractivity contribution in [3.05, 3.63) is 0 Å². The number of nitriles is 1. The van der Waals surface area contributed by atoms with Gasteiger partial charge in [-0.05, 0) is 0 Å². The van der Waals surface area contributed by atoms with E-state index in [0.29, 0.717) is 4.43 Å². The molecule has 0 aliphatic carbocycles. The summed E-state index contributed by atoms with van der Waals surface area (Å²) in [6.07, 6.45) is 0. The van der Waals surface area contributed by atoms with Crippen molar-refractivity contribution >= 4 is 34.2 Å². The molecule has 0 aromatic carbocycles. The van der Waals surface area contributed by atoms with Crippen molar-refractivity contribution in [2.45, 2.75) is 5.38 Å². The highest BCUT2D eigenvalue weighted by molar-refractivity contribution is 14.1. The molecule has 0 aliphatic rings. The van der Waals surface area contributed by atoms with Gasteiger partial charge >= 0.3 is 0 Å². The standard InChI is InChI=1S/C3H3ClIN/c4-3(1-5)2-6/h3H,1H2. The summed E-state index contributed by atoms with van der Waals surface area (Å²) in [5.74, 6) is 0. The molecular weight excluding hydrogens is 212 g/mol. The molecule has 0 rings (SSSR count). The Bertz CT molecular complexity index is 67.7. The molecule has 0 spiro atoms. The molecule has 0 amide bonds. The van der Waals surface area contributed by atoms with Crippen LogP contribution in [0.3, 0.4) is 0 Å². The number of hydrogen-bond donors (Lipinski definition) is 0. The van der Waals surface area contributed by atoms with Gasteiger partial charge in [-0.15, -0.1) is 11.6 Å². The zero-order valence-corrected chi connectivity index (χ0v) is 5.90. The second kappa shape index (κ2) is 3.69. The van der Waals surface area contributed by atoms with Crippen LogP contribution in [0.2, 0.25) is 0 Å². The van der Waals surface area contributed by atoms with E-state index in [1.54, 1.807) is 0 Å². The molecule has 1 unspecified atom stereocenters. The third-order valence-electron chi connectivity index (χ3n) is 0.276. The van der Waals surface area contributed by atoms with Crippen LogP contribution in [-0.4, -0.2) is 9.80 Å². The fourth-order valence-corrected chi connectivity index (χ4v) is 0.231. The number of hydrogen-bond acceptors (Lipinski definition) is 1. The fraction of sp³-hybridized carbons (Fsp3) is 0.667. The second-order valence-corrected chi connectivity index (χ2v) is 2.16. The van der Waals surface area contributed by atoms with Crippen LogP contribution in [0.4, 0.5) is 0 Å². The van der Waals surface area contributed by atoms with E-state index in [4.69, 9.17) is 16.9 Å². The predicted octanol–water partition coefficient (Wildman–Crippen LogP) is 1.55. The lowest BCUT2D eigenvalue weighted by Crippen LogP contribution is -1.91. The van der Waals surface area contributed by atoms with Crippen molar-refractivity contribution in [3.8, 4) is 6.07 Å². The van der Waals surface area contributed by atoms with Crippen molar-refractivity contribution in [2.24, 2.45) is 0 Å². The maximum Gasteiger partial charge on any atom is 0.129 e. The van der Waals surface area contributed by atoms with Crippen LogP contribution in [-0.2, 0) is 0 Å². The lowest BCUT2D eigenvalue weighted by Gasteiger charge is -1.82. The molecule has 0 aromatic rings. The lowest BCUT2D eigenvalue weighted by molar-refractivity contribution is 1.27. The van der Waals surface area contributed by atoms with E-state index in [2.05, 4.69) is 22.6 Å². The van der Waals surface area contributed by atoms with Gasteiger partial charge in [0.2, 0.25) is 0 Å². The Morgan fingerprint density at radius 3 is 2.50 bits per heavy atom. The molecule has 0 N–H and O–H groups in total. The average Bonchev–Trinajstić information content (AvgIpc) is 1.65. The van der Waals surface area contributed by atoms with Crippen LogP contribution < -0.4 is 0 Å². The van der Waals surface area contributed by atoms with Gasteiger partial charge in [0.1, 0.15) is 5.38 Å². The van der Waals surface area contributed by atoms with Gasteiger partial charge in [-0.3, -0.25) is 0 Å². The summed E-state index contributed by atoms with van der Waals surface area (Å²) in [7, 11) is 0. The normalized spacial score (nSPS) is 12.8. The van der Waals surface area contributed by atoms with Gasteiger partial charge in [0.15, 0.2) is 0 Å². The smallest absolute Gasteiger partial charge is 0.129 e. The maximum atomic E-state index is 7.95. The number of rotatable bonds is 1. The third kappa shape index (κ3) is 2.73. The summed E-state index contributed by atoms with van der Waals surface area (Å²) in [4.78, 5) is 0. The fourth-order valence-electron chi connectivity index (χ4n) is 0.0345. The highest BCUT2D eigenvalue weighted by atomic mass is 127. The summed E-state index contributed by atoms with van der Waals surface area (Å²) in [5, 5.41) is 7.65. The van der Waals surface area contributed by atoms with Crippen LogP contribution in [0.5, 0.6) is 0 Å². The lowest BCUT2D eigenvalue weighted by atomic mass is 10.6. The molecule has 1 atom stereocenters. The molecule has 1 nitrogen and oxygen atoms in total. The van der Waals surface area contributed by atoms with Crippen molar-refractivity contribution in [3.63, 3.8) is 0 Å². The van der Waals surface area contributed by atoms with Gasteiger partial charge in [0, 0.05) is 4.43 Å². The molecule has 0 aliphatic heterocycles. The molecule has 0 saturated carbocycles. The van der Waals surface area contributed by atoms with Gasteiger partial charge in [-0.25, -0.2) is 0 Å². The van der Waals surface area contributed by atoms with Gasteiger partial charge in [-0.1, -0.05) is 22.6 Å². The quantitative estimate of drug-likeness (QED) is 0.481. The zero-order valence-electron chi connectivity index (χ0n) is 2.99. The van der Waals surface area contributed by atoms with Gasteiger partial charge in [0.05, 0.1) is 6.07 Å². The average molecular weight is 215 g/mol. The molecule has 34 valence electrons. The first kappa shape index (κ1) is 6.51. The molecule has 6 heavy (non-hydrogen) atoms. The van der Waals surface area contributed by atoms with E-state index in [9.17, 15) is 0 Å². The first-order chi connectivity index (χ1) is 2.81. The maximum absolute atomic E-state index is 7.95. The van der Waals surface area contributed by atoms with E-state index in [1.165, 1.54) is 0 Å². The predicted molar refractivity (Wildman–Crippen MR) is 34.1 cm³/mol. The van der Waals surface area contributed by atoms with E-state index < -0.39 is 0 Å². The summed E-state index contributed by atoms with van der Waals surface area (Å²) in [6.45, 7) is 0. The molecule has 0 radical (unpaired) electrons. The second-order valence-electron chi connectivity index (χ2n) is 0.751. The third-order valence-corrected chi connectivity index (χ3v) is 1.93. The van der Waals surface area contributed by atoms with Crippen molar-refractivity contribution in [1.82, 2.24) is 0 Å². The molecule has 0 aromatic heterocycles. The topological polar surface area (TPSA) is 23.8 Å². The Labute approximate surface area is 55.4 Å². The van der Waals surface area contributed by atoms with Crippen molar-refractivity contribution in [1.29, 1.82) is 5.26 Å². The Kier molecular flexibility index (Phi) is 4.01. The zero-order chi connectivity index (χ0) is 4.99. The Balaban J connectivity index is 3.04. The summed E-state index contributed by atoms with van der Waals surface area (Å²) < 4.78 is 0.704. The van der Waals surface area contributed by atoms with Crippen LogP contribution in [0.15, 0.2) is 0 Å². The minimum atomic E-state index is -0.300. The van der Waals surface area contributed by atoms with Crippen molar-refractivity contribution < 1.29 is 0 Å². The largest absolute Gasteiger partial charge is 0.197 e.